The summed E-state index contributed by atoms with van der Waals surface area (Å²) in [5.74, 6) is -0.332. The van der Waals surface area contributed by atoms with Gasteiger partial charge in [0.05, 0.1) is 18.0 Å². The van der Waals surface area contributed by atoms with Crippen molar-refractivity contribution in [1.82, 2.24) is 0 Å². The fourth-order valence-electron chi connectivity index (χ4n) is 2.19. The number of carbonyl (C=O) groups excluding carboxylic acids is 1. The highest BCUT2D eigenvalue weighted by Crippen LogP contribution is 2.32. The molecule has 1 aromatic rings. The van der Waals surface area contributed by atoms with Crippen LogP contribution in [0.25, 0.3) is 0 Å². The standard InChI is InChI=1S/C14H17N3O4S/c1-3-21-12(18)9-22-14-13(17(19)20)10(2)15-16(14)11-7-5-4-6-8-11/h4-8,13-14H,3,9H2,1-2H3/t13-,14-/m1/s1. The maximum absolute atomic E-state index is 11.5. The molecule has 8 heteroatoms. The lowest BCUT2D eigenvalue weighted by molar-refractivity contribution is -0.500. The maximum Gasteiger partial charge on any atom is 0.315 e. The van der Waals surface area contributed by atoms with E-state index in [2.05, 4.69) is 5.10 Å². The summed E-state index contributed by atoms with van der Waals surface area (Å²) in [5, 5.41) is 16.7. The zero-order valence-electron chi connectivity index (χ0n) is 12.3. The molecule has 0 saturated carbocycles. The van der Waals surface area contributed by atoms with E-state index in [0.717, 1.165) is 5.69 Å². The van der Waals surface area contributed by atoms with Crippen LogP contribution in [0.15, 0.2) is 35.4 Å². The van der Waals surface area contributed by atoms with Gasteiger partial charge in [0.25, 0.3) is 6.04 Å². The van der Waals surface area contributed by atoms with Gasteiger partial charge in [0.1, 0.15) is 5.71 Å². The third-order valence-electron chi connectivity index (χ3n) is 3.13. The predicted octanol–water partition coefficient (Wildman–Crippen LogP) is 2.15. The second-order valence-electron chi connectivity index (χ2n) is 4.66. The molecule has 0 aromatic heterocycles. The first-order chi connectivity index (χ1) is 10.5. The van der Waals surface area contributed by atoms with Crippen molar-refractivity contribution in [2.24, 2.45) is 5.10 Å². The summed E-state index contributed by atoms with van der Waals surface area (Å²) >= 11 is 1.17. The Bertz CT molecular complexity index is 579. The fourth-order valence-corrected chi connectivity index (χ4v) is 3.36. The lowest BCUT2D eigenvalue weighted by Gasteiger charge is -2.23. The number of anilines is 1. The molecule has 0 bridgehead atoms. The van der Waals surface area contributed by atoms with Crippen molar-refractivity contribution in [3.05, 3.63) is 40.4 Å². The predicted molar refractivity (Wildman–Crippen MR) is 85.7 cm³/mol. The van der Waals surface area contributed by atoms with Crippen LogP contribution in [0.3, 0.4) is 0 Å². The maximum atomic E-state index is 11.5. The van der Waals surface area contributed by atoms with Gasteiger partial charge in [-0.05, 0) is 26.0 Å². The Morgan fingerprint density at radius 2 is 2.14 bits per heavy atom. The van der Waals surface area contributed by atoms with Crippen molar-refractivity contribution >= 4 is 29.1 Å². The Kier molecular flexibility index (Phi) is 5.37. The number of benzene rings is 1. The van der Waals surface area contributed by atoms with Gasteiger partial charge in [-0.1, -0.05) is 18.2 Å². The van der Waals surface area contributed by atoms with Gasteiger partial charge in [-0.25, -0.2) is 5.01 Å². The third-order valence-corrected chi connectivity index (χ3v) is 4.33. The van der Waals surface area contributed by atoms with Crippen LogP contribution in [0.1, 0.15) is 13.8 Å². The van der Waals surface area contributed by atoms with Crippen molar-refractivity contribution in [1.29, 1.82) is 0 Å². The van der Waals surface area contributed by atoms with E-state index >= 15 is 0 Å². The summed E-state index contributed by atoms with van der Waals surface area (Å²) in [4.78, 5) is 22.5. The molecular formula is C14H17N3O4S. The van der Waals surface area contributed by atoms with Gasteiger partial charge >= 0.3 is 5.97 Å². The van der Waals surface area contributed by atoms with Crippen LogP contribution in [0, 0.1) is 10.1 Å². The van der Waals surface area contributed by atoms with E-state index in [9.17, 15) is 14.9 Å². The summed E-state index contributed by atoms with van der Waals surface area (Å²) in [6.07, 6.45) is 0. The Hall–Kier alpha value is -2.09. The van der Waals surface area contributed by atoms with Gasteiger partial charge in [-0.3, -0.25) is 14.9 Å². The Morgan fingerprint density at radius 1 is 1.45 bits per heavy atom. The van der Waals surface area contributed by atoms with E-state index < -0.39 is 11.4 Å². The number of carbonyl (C=O) groups is 1. The molecule has 0 unspecified atom stereocenters. The second-order valence-corrected chi connectivity index (χ2v) is 5.76. The number of thioether (sulfide) groups is 1. The second kappa shape index (κ2) is 7.26. The Morgan fingerprint density at radius 3 is 2.73 bits per heavy atom. The monoisotopic (exact) mass is 323 g/mol. The number of hydrazone groups is 1. The highest BCUT2D eigenvalue weighted by molar-refractivity contribution is 8.00. The van der Waals surface area contributed by atoms with Gasteiger partial charge in [0, 0.05) is 4.92 Å². The lowest BCUT2D eigenvalue weighted by Crippen LogP contribution is -2.40. The molecule has 118 valence electrons. The molecule has 0 radical (unpaired) electrons. The van der Waals surface area contributed by atoms with Gasteiger partial charge in [0.2, 0.25) is 0 Å². The number of nitro groups is 1. The number of hydrogen-bond donors (Lipinski definition) is 0. The number of hydrogen-bond acceptors (Lipinski definition) is 7. The molecule has 1 aliphatic heterocycles. The minimum atomic E-state index is -0.945. The number of rotatable bonds is 6. The summed E-state index contributed by atoms with van der Waals surface area (Å²) in [6.45, 7) is 3.65. The first-order valence-electron chi connectivity index (χ1n) is 6.84. The molecule has 1 aliphatic rings. The first-order valence-corrected chi connectivity index (χ1v) is 7.89. The highest BCUT2D eigenvalue weighted by atomic mass is 32.2. The molecule has 7 nitrogen and oxygen atoms in total. The van der Waals surface area contributed by atoms with Crippen molar-refractivity contribution in [2.75, 3.05) is 17.4 Å². The lowest BCUT2D eigenvalue weighted by atomic mass is 10.2. The van der Waals surface area contributed by atoms with Gasteiger partial charge < -0.3 is 4.74 Å². The van der Waals surface area contributed by atoms with E-state index in [-0.39, 0.29) is 16.6 Å². The van der Waals surface area contributed by atoms with Crippen LogP contribution in [0.2, 0.25) is 0 Å². The SMILES string of the molecule is CCOC(=O)CS[C@@H]1[C@H]([N+](=O)[O-])C(C)=NN1c1ccccc1. The summed E-state index contributed by atoms with van der Waals surface area (Å²) in [6, 6.07) is 8.26. The summed E-state index contributed by atoms with van der Waals surface area (Å²) in [5.41, 5.74) is 1.18. The molecule has 2 rings (SSSR count). The molecule has 2 atom stereocenters. The molecule has 22 heavy (non-hydrogen) atoms. The summed E-state index contributed by atoms with van der Waals surface area (Å²) < 4.78 is 4.88. The molecule has 0 fully saturated rings. The average molecular weight is 323 g/mol. The fraction of sp³-hybridized carbons (Fsp3) is 0.429. The van der Waals surface area contributed by atoms with Crippen molar-refractivity contribution in [3.8, 4) is 0 Å². The van der Waals surface area contributed by atoms with E-state index in [1.54, 1.807) is 18.9 Å². The Labute approximate surface area is 132 Å². The molecule has 0 saturated heterocycles. The number of ether oxygens (including phenoxy) is 1. The smallest absolute Gasteiger partial charge is 0.315 e. The number of esters is 1. The van der Waals surface area contributed by atoms with Gasteiger partial charge in [-0.15, -0.1) is 11.8 Å². The van der Waals surface area contributed by atoms with Crippen LogP contribution < -0.4 is 5.01 Å². The van der Waals surface area contributed by atoms with Crippen LogP contribution in [0.4, 0.5) is 5.69 Å². The first kappa shape index (κ1) is 16.3. The molecule has 0 amide bonds. The number of nitrogens with zero attached hydrogens (tertiary/aromatic N) is 3. The van der Waals surface area contributed by atoms with Crippen LogP contribution in [-0.4, -0.2) is 40.4 Å². The van der Waals surface area contributed by atoms with E-state index in [4.69, 9.17) is 4.74 Å². The van der Waals surface area contributed by atoms with Crippen LogP contribution >= 0.6 is 11.8 Å². The molecule has 0 N–H and O–H groups in total. The number of para-hydroxylation sites is 1. The van der Waals surface area contributed by atoms with Crippen LogP contribution in [-0.2, 0) is 9.53 Å². The average Bonchev–Trinajstić information content (AvgIpc) is 2.83. The minimum Gasteiger partial charge on any atom is -0.465 e. The zero-order valence-corrected chi connectivity index (χ0v) is 13.2. The minimum absolute atomic E-state index is 0.0506. The molecule has 1 aromatic carbocycles. The highest BCUT2D eigenvalue weighted by Gasteiger charge is 2.45. The largest absolute Gasteiger partial charge is 0.465 e. The molecule has 1 heterocycles. The third kappa shape index (κ3) is 3.56. The topological polar surface area (TPSA) is 85.0 Å². The van der Waals surface area contributed by atoms with Crippen molar-refractivity contribution in [3.63, 3.8) is 0 Å². The molecular weight excluding hydrogens is 306 g/mol. The molecule has 0 aliphatic carbocycles. The normalized spacial score (nSPS) is 20.6. The van der Waals surface area contributed by atoms with Crippen LogP contribution in [0.5, 0.6) is 0 Å². The summed E-state index contributed by atoms with van der Waals surface area (Å²) in [7, 11) is 0. The van der Waals surface area contributed by atoms with E-state index in [0.29, 0.717) is 12.3 Å². The molecule has 0 spiro atoms. The van der Waals surface area contributed by atoms with E-state index in [1.807, 2.05) is 30.3 Å². The van der Waals surface area contributed by atoms with Gasteiger partial charge in [-0.2, -0.15) is 5.10 Å². The van der Waals surface area contributed by atoms with Crippen molar-refractivity contribution in [2.45, 2.75) is 25.3 Å². The zero-order chi connectivity index (χ0) is 16.1. The van der Waals surface area contributed by atoms with Gasteiger partial charge in [0.15, 0.2) is 5.37 Å². The van der Waals surface area contributed by atoms with Crippen molar-refractivity contribution < 1.29 is 14.5 Å². The Balaban J connectivity index is 2.19. The van der Waals surface area contributed by atoms with E-state index in [1.165, 1.54) is 11.8 Å². The quantitative estimate of drug-likeness (QED) is 0.453.